The smallest absolute Gasteiger partial charge is 0.169 e. The molecule has 0 atom stereocenters. The molecule has 0 fully saturated rings. The van der Waals surface area contributed by atoms with E-state index in [4.69, 9.17) is 4.74 Å². The van der Waals surface area contributed by atoms with Gasteiger partial charge in [-0.3, -0.25) is 0 Å². The molecule has 0 bridgehead atoms. The van der Waals surface area contributed by atoms with E-state index in [0.717, 1.165) is 28.3 Å². The van der Waals surface area contributed by atoms with E-state index in [-0.39, 0.29) is 0 Å². The van der Waals surface area contributed by atoms with Gasteiger partial charge in [0.05, 0.1) is 12.0 Å². The Kier molecular flexibility index (Phi) is 3.97. The largest absolute Gasteiger partial charge is 0.496 e. The number of ether oxygens (including phenoxy) is 1. The molecule has 2 aromatic carbocycles. The van der Waals surface area contributed by atoms with Crippen LogP contribution in [0.2, 0.25) is 0 Å². The number of benzene rings is 2. The number of hydrogen-bond donors (Lipinski definition) is 0. The third-order valence-corrected chi connectivity index (χ3v) is 5.06. The van der Waals surface area contributed by atoms with E-state index in [1.807, 2.05) is 18.2 Å². The molecule has 118 valence electrons. The van der Waals surface area contributed by atoms with Gasteiger partial charge in [-0.1, -0.05) is 36.4 Å². The number of thiophene rings is 1. The lowest BCUT2D eigenvalue weighted by atomic mass is 10.0. The first-order valence-corrected chi connectivity index (χ1v) is 8.57. The van der Waals surface area contributed by atoms with Crippen molar-refractivity contribution in [2.45, 2.75) is 6.42 Å². The first-order chi connectivity index (χ1) is 11.8. The van der Waals surface area contributed by atoms with Gasteiger partial charge in [0.1, 0.15) is 5.75 Å². The third kappa shape index (κ3) is 2.76. The van der Waals surface area contributed by atoms with Crippen LogP contribution in [0.15, 0.2) is 67.0 Å². The van der Waals surface area contributed by atoms with E-state index >= 15 is 0 Å². The SMILES string of the molecule is COc1c(Cc2ccc(-c3ncccn3)s2)ccc2ccccc12. The second-order valence-corrected chi connectivity index (χ2v) is 6.66. The highest BCUT2D eigenvalue weighted by Crippen LogP contribution is 2.33. The van der Waals surface area contributed by atoms with Crippen molar-refractivity contribution in [3.8, 4) is 16.5 Å². The summed E-state index contributed by atoms with van der Waals surface area (Å²) in [4.78, 5) is 11.0. The minimum Gasteiger partial charge on any atom is -0.496 e. The van der Waals surface area contributed by atoms with Crippen molar-refractivity contribution in [2.75, 3.05) is 7.11 Å². The molecule has 0 N–H and O–H groups in total. The van der Waals surface area contributed by atoms with Gasteiger partial charge in [-0.2, -0.15) is 0 Å². The number of rotatable bonds is 4. The van der Waals surface area contributed by atoms with Crippen LogP contribution in [-0.4, -0.2) is 17.1 Å². The molecule has 4 heteroatoms. The molecule has 2 aromatic heterocycles. The fourth-order valence-electron chi connectivity index (χ4n) is 2.88. The molecule has 0 saturated carbocycles. The topological polar surface area (TPSA) is 35.0 Å². The van der Waals surface area contributed by atoms with Gasteiger partial charge in [-0.15, -0.1) is 11.3 Å². The molecule has 0 aliphatic carbocycles. The molecule has 0 radical (unpaired) electrons. The second kappa shape index (κ2) is 6.42. The van der Waals surface area contributed by atoms with Crippen LogP contribution < -0.4 is 4.74 Å². The maximum atomic E-state index is 5.70. The summed E-state index contributed by atoms with van der Waals surface area (Å²) in [5.41, 5.74) is 1.19. The molecule has 0 aliphatic heterocycles. The maximum Gasteiger partial charge on any atom is 0.169 e. The van der Waals surface area contributed by atoms with Crippen molar-refractivity contribution in [2.24, 2.45) is 0 Å². The van der Waals surface area contributed by atoms with Crippen molar-refractivity contribution >= 4 is 22.1 Å². The summed E-state index contributed by atoms with van der Waals surface area (Å²) in [7, 11) is 1.74. The van der Waals surface area contributed by atoms with E-state index in [1.54, 1.807) is 30.8 Å². The van der Waals surface area contributed by atoms with Gasteiger partial charge in [0, 0.05) is 29.1 Å². The summed E-state index contributed by atoms with van der Waals surface area (Å²) >= 11 is 1.72. The number of nitrogens with zero attached hydrogens (tertiary/aromatic N) is 2. The van der Waals surface area contributed by atoms with Gasteiger partial charge in [0.15, 0.2) is 5.82 Å². The van der Waals surface area contributed by atoms with Crippen molar-refractivity contribution in [3.05, 3.63) is 77.4 Å². The van der Waals surface area contributed by atoms with Gasteiger partial charge in [0.25, 0.3) is 0 Å². The molecule has 0 spiro atoms. The molecule has 4 rings (SSSR count). The van der Waals surface area contributed by atoms with Gasteiger partial charge in [0.2, 0.25) is 0 Å². The van der Waals surface area contributed by atoms with E-state index in [0.29, 0.717) is 0 Å². The van der Waals surface area contributed by atoms with Crippen LogP contribution in [0.25, 0.3) is 21.5 Å². The summed E-state index contributed by atoms with van der Waals surface area (Å²) in [5, 5.41) is 2.35. The highest BCUT2D eigenvalue weighted by Gasteiger charge is 2.11. The van der Waals surface area contributed by atoms with Crippen LogP contribution in [-0.2, 0) is 6.42 Å². The Labute approximate surface area is 144 Å². The Balaban J connectivity index is 1.69. The minimum atomic E-state index is 0.777. The van der Waals surface area contributed by atoms with Crippen molar-refractivity contribution < 1.29 is 4.74 Å². The molecule has 0 saturated heterocycles. The van der Waals surface area contributed by atoms with Crippen LogP contribution in [0, 0.1) is 0 Å². The fraction of sp³-hybridized carbons (Fsp3) is 0.100. The van der Waals surface area contributed by atoms with Crippen molar-refractivity contribution in [1.29, 1.82) is 0 Å². The third-order valence-electron chi connectivity index (χ3n) is 3.98. The van der Waals surface area contributed by atoms with Crippen LogP contribution in [0.5, 0.6) is 5.75 Å². The van der Waals surface area contributed by atoms with Crippen LogP contribution in [0.1, 0.15) is 10.4 Å². The lowest BCUT2D eigenvalue weighted by Crippen LogP contribution is -1.93. The lowest BCUT2D eigenvalue weighted by Gasteiger charge is -2.11. The number of methoxy groups -OCH3 is 1. The highest BCUT2D eigenvalue weighted by molar-refractivity contribution is 7.15. The molecule has 0 amide bonds. The molecular weight excluding hydrogens is 316 g/mol. The normalized spacial score (nSPS) is 10.9. The van der Waals surface area contributed by atoms with E-state index < -0.39 is 0 Å². The molecule has 4 aromatic rings. The zero-order valence-corrected chi connectivity index (χ0v) is 14.1. The minimum absolute atomic E-state index is 0.777. The van der Waals surface area contributed by atoms with Crippen LogP contribution in [0.4, 0.5) is 0 Å². The standard InChI is InChI=1S/C20H16N2OS/c1-23-19-15(8-7-14-5-2-3-6-17(14)19)13-16-9-10-18(24-16)20-21-11-4-12-22-20/h2-12H,13H2,1H3. The van der Waals surface area contributed by atoms with E-state index in [1.165, 1.54) is 15.8 Å². The summed E-state index contributed by atoms with van der Waals surface area (Å²) in [6.45, 7) is 0. The van der Waals surface area contributed by atoms with Crippen LogP contribution >= 0.6 is 11.3 Å². The Bertz CT molecular complexity index is 979. The van der Waals surface area contributed by atoms with Crippen molar-refractivity contribution in [1.82, 2.24) is 9.97 Å². The molecular formula is C20H16N2OS. The molecule has 24 heavy (non-hydrogen) atoms. The van der Waals surface area contributed by atoms with Gasteiger partial charge in [-0.05, 0) is 29.1 Å². The maximum absolute atomic E-state index is 5.70. The first kappa shape index (κ1) is 14.8. The lowest BCUT2D eigenvalue weighted by molar-refractivity contribution is 0.416. The predicted octanol–water partition coefficient (Wildman–Crippen LogP) is 4.96. The predicted molar refractivity (Wildman–Crippen MR) is 98.7 cm³/mol. The van der Waals surface area contributed by atoms with Gasteiger partial charge >= 0.3 is 0 Å². The highest BCUT2D eigenvalue weighted by atomic mass is 32.1. The summed E-state index contributed by atoms with van der Waals surface area (Å²) in [6, 6.07) is 18.7. The fourth-order valence-corrected chi connectivity index (χ4v) is 3.85. The van der Waals surface area contributed by atoms with Gasteiger partial charge in [-0.25, -0.2) is 9.97 Å². The Morgan fingerprint density at radius 3 is 2.58 bits per heavy atom. The Morgan fingerprint density at radius 2 is 1.75 bits per heavy atom. The second-order valence-electron chi connectivity index (χ2n) is 5.49. The Hall–Kier alpha value is -2.72. The molecule has 3 nitrogen and oxygen atoms in total. The quantitative estimate of drug-likeness (QED) is 0.530. The van der Waals surface area contributed by atoms with E-state index in [9.17, 15) is 0 Å². The monoisotopic (exact) mass is 332 g/mol. The zero-order chi connectivity index (χ0) is 16.4. The summed E-state index contributed by atoms with van der Waals surface area (Å²) < 4.78 is 5.70. The molecule has 0 aliphatic rings. The van der Waals surface area contributed by atoms with Crippen LogP contribution in [0.3, 0.4) is 0 Å². The van der Waals surface area contributed by atoms with E-state index in [2.05, 4.69) is 46.4 Å². The summed E-state index contributed by atoms with van der Waals surface area (Å²) in [6.07, 6.45) is 4.38. The average molecular weight is 332 g/mol. The number of hydrogen-bond acceptors (Lipinski definition) is 4. The zero-order valence-electron chi connectivity index (χ0n) is 13.3. The Morgan fingerprint density at radius 1 is 0.917 bits per heavy atom. The molecule has 0 unspecified atom stereocenters. The number of fused-ring (bicyclic) bond motifs is 1. The molecule has 2 heterocycles. The van der Waals surface area contributed by atoms with Crippen molar-refractivity contribution in [3.63, 3.8) is 0 Å². The summed E-state index contributed by atoms with van der Waals surface area (Å²) in [5.74, 6) is 1.73. The average Bonchev–Trinajstić information content (AvgIpc) is 3.11. The van der Waals surface area contributed by atoms with Gasteiger partial charge < -0.3 is 4.74 Å². The number of aromatic nitrogens is 2. The first-order valence-electron chi connectivity index (χ1n) is 7.76.